The lowest BCUT2D eigenvalue weighted by atomic mass is 9.95. The van der Waals surface area contributed by atoms with Gasteiger partial charge in [0.15, 0.2) is 0 Å². The molecule has 0 spiro atoms. The van der Waals surface area contributed by atoms with Crippen LogP contribution in [-0.2, 0) is 9.59 Å². The molecule has 0 heterocycles. The van der Waals surface area contributed by atoms with E-state index in [4.69, 9.17) is 0 Å². The Kier molecular flexibility index (Phi) is 3.64. The monoisotopic (exact) mass is 253 g/mol. The topological polar surface area (TPSA) is 66.4 Å². The third-order valence-electron chi connectivity index (χ3n) is 4.68. The summed E-state index contributed by atoms with van der Waals surface area (Å²) in [5.41, 5.74) is 0.275. The fraction of sp³-hybridized carbons (Fsp3) is 0.857. The molecule has 4 nitrogen and oxygen atoms in total. The first-order valence-electron chi connectivity index (χ1n) is 6.96. The van der Waals surface area contributed by atoms with E-state index in [9.17, 15) is 14.7 Å². The summed E-state index contributed by atoms with van der Waals surface area (Å²) in [4.78, 5) is 23.3. The van der Waals surface area contributed by atoms with Crippen molar-refractivity contribution in [2.45, 2.75) is 46.0 Å². The molecule has 18 heavy (non-hydrogen) atoms. The molecular weight excluding hydrogens is 230 g/mol. The number of carbonyl (C=O) groups is 2. The first kappa shape index (κ1) is 13.4. The van der Waals surface area contributed by atoms with Crippen molar-refractivity contribution < 1.29 is 14.7 Å². The normalized spacial score (nSPS) is 33.1. The Hall–Kier alpha value is -1.06. The molecule has 1 amide bonds. The minimum absolute atomic E-state index is 0.0496. The van der Waals surface area contributed by atoms with E-state index in [0.29, 0.717) is 18.9 Å². The molecule has 0 radical (unpaired) electrons. The summed E-state index contributed by atoms with van der Waals surface area (Å²) < 4.78 is 0. The largest absolute Gasteiger partial charge is 0.481 e. The average molecular weight is 253 g/mol. The smallest absolute Gasteiger partial charge is 0.307 e. The maximum Gasteiger partial charge on any atom is 0.307 e. The van der Waals surface area contributed by atoms with Gasteiger partial charge >= 0.3 is 5.97 Å². The van der Waals surface area contributed by atoms with Gasteiger partial charge in [-0.1, -0.05) is 20.3 Å². The third-order valence-corrected chi connectivity index (χ3v) is 4.68. The van der Waals surface area contributed by atoms with Crippen molar-refractivity contribution >= 4 is 11.9 Å². The van der Waals surface area contributed by atoms with Gasteiger partial charge < -0.3 is 10.4 Å². The van der Waals surface area contributed by atoms with Crippen molar-refractivity contribution in [2.75, 3.05) is 6.54 Å². The van der Waals surface area contributed by atoms with Gasteiger partial charge in [0.1, 0.15) is 0 Å². The molecule has 102 valence electrons. The number of hydrogen-bond acceptors (Lipinski definition) is 2. The number of rotatable bonds is 5. The number of hydrogen-bond donors (Lipinski definition) is 2. The number of nitrogens with one attached hydrogen (secondary N) is 1. The summed E-state index contributed by atoms with van der Waals surface area (Å²) in [6, 6.07) is 0. The number of aliphatic carboxylic acids is 1. The van der Waals surface area contributed by atoms with Crippen molar-refractivity contribution in [3.8, 4) is 0 Å². The van der Waals surface area contributed by atoms with Crippen molar-refractivity contribution in [3.05, 3.63) is 0 Å². The summed E-state index contributed by atoms with van der Waals surface area (Å²) in [7, 11) is 0. The van der Waals surface area contributed by atoms with Crippen LogP contribution in [0.1, 0.15) is 46.0 Å². The quantitative estimate of drug-likeness (QED) is 0.788. The van der Waals surface area contributed by atoms with Gasteiger partial charge in [-0.15, -0.1) is 0 Å². The lowest BCUT2D eigenvalue weighted by molar-refractivity contribution is -0.146. The van der Waals surface area contributed by atoms with E-state index >= 15 is 0 Å². The molecule has 2 aliphatic rings. The predicted molar refractivity (Wildman–Crippen MR) is 68.0 cm³/mol. The number of carboxylic acids is 1. The lowest BCUT2D eigenvalue weighted by Gasteiger charge is -2.17. The van der Waals surface area contributed by atoms with Crippen LogP contribution < -0.4 is 5.32 Å². The average Bonchev–Trinajstić information content (AvgIpc) is 2.92. The van der Waals surface area contributed by atoms with E-state index in [1.54, 1.807) is 0 Å². The maximum absolute atomic E-state index is 12.1. The first-order valence-corrected chi connectivity index (χ1v) is 6.96. The highest BCUT2D eigenvalue weighted by molar-refractivity contribution is 5.85. The van der Waals surface area contributed by atoms with Crippen LogP contribution in [0.3, 0.4) is 0 Å². The van der Waals surface area contributed by atoms with Crippen molar-refractivity contribution in [1.82, 2.24) is 5.32 Å². The lowest BCUT2D eigenvalue weighted by Crippen LogP contribution is -2.37. The van der Waals surface area contributed by atoms with E-state index in [1.807, 2.05) is 0 Å². The highest BCUT2D eigenvalue weighted by Crippen LogP contribution is 2.44. The molecule has 2 N–H and O–H groups in total. The molecule has 2 fully saturated rings. The van der Waals surface area contributed by atoms with E-state index in [-0.39, 0.29) is 17.2 Å². The molecule has 0 aromatic heterocycles. The fourth-order valence-corrected chi connectivity index (χ4v) is 2.86. The molecule has 0 bridgehead atoms. The molecule has 0 aromatic carbocycles. The molecule has 4 heteroatoms. The standard InChI is InChI=1S/C14H23NO3/c1-3-9-6-10(11(7-9)13(17)18)12(16)15-8-14(2)4-5-14/h9-11H,3-8H2,1-2H3,(H,15,16)(H,17,18). The summed E-state index contributed by atoms with van der Waals surface area (Å²) in [6.45, 7) is 4.92. The SMILES string of the molecule is CCC1CC(C(=O)O)C(C(=O)NCC2(C)CC2)C1. The molecule has 0 aliphatic heterocycles. The zero-order valence-electron chi connectivity index (χ0n) is 11.2. The van der Waals surface area contributed by atoms with Crippen LogP contribution in [0.4, 0.5) is 0 Å². The van der Waals surface area contributed by atoms with Gasteiger partial charge in [-0.05, 0) is 37.0 Å². The molecule has 3 atom stereocenters. The highest BCUT2D eigenvalue weighted by Gasteiger charge is 2.43. The Labute approximate surface area is 108 Å². The molecule has 0 saturated heterocycles. The van der Waals surface area contributed by atoms with Gasteiger partial charge in [0.05, 0.1) is 11.8 Å². The van der Waals surface area contributed by atoms with E-state index in [0.717, 1.165) is 25.7 Å². The number of carboxylic acid groups (broad SMARTS) is 1. The van der Waals surface area contributed by atoms with Gasteiger partial charge in [0.25, 0.3) is 0 Å². The fourth-order valence-electron chi connectivity index (χ4n) is 2.86. The van der Waals surface area contributed by atoms with Crippen LogP contribution in [0.5, 0.6) is 0 Å². The van der Waals surface area contributed by atoms with Crippen LogP contribution in [0, 0.1) is 23.2 Å². The summed E-state index contributed by atoms with van der Waals surface area (Å²) in [6.07, 6.45) is 4.68. The van der Waals surface area contributed by atoms with Crippen molar-refractivity contribution in [2.24, 2.45) is 23.2 Å². The number of carbonyl (C=O) groups excluding carboxylic acids is 1. The van der Waals surface area contributed by atoms with Crippen molar-refractivity contribution in [3.63, 3.8) is 0 Å². The second-order valence-corrected chi connectivity index (χ2v) is 6.33. The predicted octanol–water partition coefficient (Wildman–Crippen LogP) is 2.04. The van der Waals surface area contributed by atoms with E-state index < -0.39 is 11.9 Å². The van der Waals surface area contributed by atoms with E-state index in [2.05, 4.69) is 19.2 Å². The second-order valence-electron chi connectivity index (χ2n) is 6.33. The third kappa shape index (κ3) is 2.85. The Balaban J connectivity index is 1.92. The van der Waals surface area contributed by atoms with Gasteiger partial charge in [-0.25, -0.2) is 0 Å². The van der Waals surface area contributed by atoms with Crippen LogP contribution in [-0.4, -0.2) is 23.5 Å². The number of amides is 1. The van der Waals surface area contributed by atoms with Crippen LogP contribution in [0.25, 0.3) is 0 Å². The summed E-state index contributed by atoms with van der Waals surface area (Å²) in [5, 5.41) is 12.2. The Morgan fingerprint density at radius 3 is 2.39 bits per heavy atom. The molecule has 2 rings (SSSR count). The summed E-state index contributed by atoms with van der Waals surface area (Å²) >= 11 is 0. The van der Waals surface area contributed by atoms with Gasteiger partial charge in [0.2, 0.25) is 5.91 Å². The van der Waals surface area contributed by atoms with Gasteiger partial charge in [0, 0.05) is 6.54 Å². The zero-order chi connectivity index (χ0) is 13.3. The molecule has 0 aromatic rings. The summed E-state index contributed by atoms with van der Waals surface area (Å²) in [5.74, 6) is -1.29. The van der Waals surface area contributed by atoms with Crippen LogP contribution in [0.2, 0.25) is 0 Å². The zero-order valence-corrected chi connectivity index (χ0v) is 11.2. The Morgan fingerprint density at radius 1 is 1.28 bits per heavy atom. The maximum atomic E-state index is 12.1. The van der Waals surface area contributed by atoms with Gasteiger partial charge in [-0.3, -0.25) is 9.59 Å². The van der Waals surface area contributed by atoms with Gasteiger partial charge in [-0.2, -0.15) is 0 Å². The van der Waals surface area contributed by atoms with Crippen molar-refractivity contribution in [1.29, 1.82) is 0 Å². The van der Waals surface area contributed by atoms with E-state index in [1.165, 1.54) is 0 Å². The van der Waals surface area contributed by atoms with Crippen LogP contribution >= 0.6 is 0 Å². The minimum atomic E-state index is -0.816. The Morgan fingerprint density at radius 2 is 1.89 bits per heavy atom. The molecule has 2 saturated carbocycles. The molecule has 2 aliphatic carbocycles. The minimum Gasteiger partial charge on any atom is -0.481 e. The van der Waals surface area contributed by atoms with Crippen LogP contribution in [0.15, 0.2) is 0 Å². The second kappa shape index (κ2) is 4.90. The first-order chi connectivity index (χ1) is 8.45. The molecule has 3 unspecified atom stereocenters. The molecular formula is C14H23NO3. The Bertz CT molecular complexity index is 349. The highest BCUT2D eigenvalue weighted by atomic mass is 16.4.